The molecule has 13 heteroatoms. The molecule has 1 saturated heterocycles. The van der Waals surface area contributed by atoms with Gasteiger partial charge in [0.1, 0.15) is 0 Å². The van der Waals surface area contributed by atoms with Gasteiger partial charge >= 0.3 is 6.18 Å². The Balaban J connectivity index is 1.46. The largest absolute Gasteiger partial charge is 0.417 e. The van der Waals surface area contributed by atoms with Crippen LogP contribution in [0, 0.1) is 0 Å². The minimum Gasteiger partial charge on any atom is -0.373 e. The van der Waals surface area contributed by atoms with Crippen LogP contribution in [-0.4, -0.2) is 58.5 Å². The van der Waals surface area contributed by atoms with Gasteiger partial charge in [-0.25, -0.2) is 8.42 Å². The fourth-order valence-corrected chi connectivity index (χ4v) is 5.33. The Hall–Kier alpha value is -3.03. The quantitative estimate of drug-likeness (QED) is 0.581. The molecular formula is C21H22F3N5O4S. The van der Waals surface area contributed by atoms with Crippen LogP contribution in [0.4, 0.5) is 13.2 Å². The SMILES string of the molecule is CC1CN(S(=O)(=O)c2ccc(C(=O)NCc3nnc4ccc(C(F)(F)F)cn34)cc2)CC(C)O1. The number of hydrogen-bond acceptors (Lipinski definition) is 6. The maximum Gasteiger partial charge on any atom is 0.417 e. The van der Waals surface area contributed by atoms with E-state index in [0.717, 1.165) is 16.7 Å². The lowest BCUT2D eigenvalue weighted by molar-refractivity contribution is -0.137. The van der Waals surface area contributed by atoms with Crippen LogP contribution in [0.2, 0.25) is 0 Å². The van der Waals surface area contributed by atoms with E-state index in [9.17, 15) is 26.4 Å². The summed E-state index contributed by atoms with van der Waals surface area (Å²) in [7, 11) is -3.75. The number of fused-ring (bicyclic) bond motifs is 1. The lowest BCUT2D eigenvalue weighted by Gasteiger charge is -2.34. The van der Waals surface area contributed by atoms with Gasteiger partial charge in [-0.15, -0.1) is 10.2 Å². The fraction of sp³-hybridized carbons (Fsp3) is 0.381. The smallest absolute Gasteiger partial charge is 0.373 e. The molecule has 1 amide bonds. The lowest BCUT2D eigenvalue weighted by Crippen LogP contribution is -2.48. The summed E-state index contributed by atoms with van der Waals surface area (Å²) in [4.78, 5) is 12.6. The number of amides is 1. The molecule has 1 fully saturated rings. The third-order valence-electron chi connectivity index (χ3n) is 5.35. The van der Waals surface area contributed by atoms with Crippen LogP contribution in [-0.2, 0) is 27.5 Å². The predicted octanol–water partition coefficient (Wildman–Crippen LogP) is 2.48. The molecule has 0 radical (unpaired) electrons. The summed E-state index contributed by atoms with van der Waals surface area (Å²) in [5.41, 5.74) is -0.473. The van der Waals surface area contributed by atoms with Crippen molar-refractivity contribution in [2.45, 2.75) is 43.7 Å². The average molecular weight is 497 g/mol. The molecule has 4 rings (SSSR count). The highest BCUT2D eigenvalue weighted by atomic mass is 32.2. The number of carbonyl (C=O) groups excluding carboxylic acids is 1. The molecule has 1 aliphatic heterocycles. The standard InChI is InChI=1S/C21H22F3N5O4S/c1-13-10-28(11-14(2)33-13)34(31,32)17-6-3-15(4-7-17)20(30)25-9-19-27-26-18-8-5-16(12-29(18)19)21(22,23)24/h3-8,12-14H,9-11H2,1-2H3,(H,25,30). The van der Waals surface area contributed by atoms with Gasteiger partial charge in [-0.3, -0.25) is 9.20 Å². The van der Waals surface area contributed by atoms with Gasteiger partial charge in [0, 0.05) is 24.8 Å². The third kappa shape index (κ3) is 4.91. The number of benzene rings is 1. The lowest BCUT2D eigenvalue weighted by atomic mass is 10.2. The number of sulfonamides is 1. The Morgan fingerprint density at radius 2 is 1.74 bits per heavy atom. The topological polar surface area (TPSA) is 106 Å². The third-order valence-corrected chi connectivity index (χ3v) is 7.19. The average Bonchev–Trinajstić information content (AvgIpc) is 3.18. The number of rotatable bonds is 5. The molecule has 0 aliphatic carbocycles. The van der Waals surface area contributed by atoms with Gasteiger partial charge in [-0.2, -0.15) is 17.5 Å². The number of halogens is 3. The van der Waals surface area contributed by atoms with Gasteiger partial charge in [0.15, 0.2) is 11.5 Å². The van der Waals surface area contributed by atoms with E-state index in [0.29, 0.717) is 0 Å². The van der Waals surface area contributed by atoms with Crippen LogP contribution in [0.15, 0.2) is 47.5 Å². The highest BCUT2D eigenvalue weighted by Crippen LogP contribution is 2.29. The number of pyridine rings is 1. The van der Waals surface area contributed by atoms with Crippen molar-refractivity contribution in [2.24, 2.45) is 0 Å². The minimum absolute atomic E-state index is 0.0495. The molecule has 0 saturated carbocycles. The highest BCUT2D eigenvalue weighted by Gasteiger charge is 2.33. The Labute approximate surface area is 193 Å². The molecule has 2 unspecified atom stereocenters. The summed E-state index contributed by atoms with van der Waals surface area (Å²) < 4.78 is 72.9. The number of aromatic nitrogens is 3. The van der Waals surface area contributed by atoms with E-state index in [2.05, 4.69) is 15.5 Å². The molecule has 34 heavy (non-hydrogen) atoms. The van der Waals surface area contributed by atoms with Crippen LogP contribution in [0.3, 0.4) is 0 Å². The van der Waals surface area contributed by atoms with E-state index in [4.69, 9.17) is 4.74 Å². The van der Waals surface area contributed by atoms with Crippen molar-refractivity contribution < 1.29 is 31.1 Å². The van der Waals surface area contributed by atoms with E-state index in [1.807, 2.05) is 0 Å². The molecule has 1 N–H and O–H groups in total. The summed E-state index contributed by atoms with van der Waals surface area (Å²) in [6.07, 6.45) is -4.13. The maximum atomic E-state index is 13.0. The molecule has 1 aliphatic rings. The molecule has 182 valence electrons. The van der Waals surface area contributed by atoms with Crippen molar-refractivity contribution in [3.63, 3.8) is 0 Å². The Morgan fingerprint density at radius 1 is 1.09 bits per heavy atom. The molecule has 0 bridgehead atoms. The molecule has 0 spiro atoms. The van der Waals surface area contributed by atoms with E-state index >= 15 is 0 Å². The normalized spacial score (nSPS) is 19.9. The number of hydrogen-bond donors (Lipinski definition) is 1. The first-order valence-electron chi connectivity index (χ1n) is 10.4. The minimum atomic E-state index is -4.53. The molecule has 3 heterocycles. The first-order chi connectivity index (χ1) is 15.9. The van der Waals surface area contributed by atoms with Crippen molar-refractivity contribution in [1.82, 2.24) is 24.2 Å². The van der Waals surface area contributed by atoms with E-state index in [-0.39, 0.29) is 53.8 Å². The van der Waals surface area contributed by atoms with E-state index < -0.39 is 27.7 Å². The second kappa shape index (κ2) is 8.96. The highest BCUT2D eigenvalue weighted by molar-refractivity contribution is 7.89. The molecule has 3 aromatic rings. The number of nitrogens with one attached hydrogen (secondary N) is 1. The molecule has 2 atom stereocenters. The van der Waals surface area contributed by atoms with Gasteiger partial charge in [0.05, 0.1) is 29.2 Å². The second-order valence-corrected chi connectivity index (χ2v) is 9.98. The zero-order valence-corrected chi connectivity index (χ0v) is 19.1. The van der Waals surface area contributed by atoms with Gasteiger partial charge in [-0.1, -0.05) is 0 Å². The van der Waals surface area contributed by atoms with Crippen LogP contribution in [0.1, 0.15) is 35.6 Å². The van der Waals surface area contributed by atoms with Crippen LogP contribution >= 0.6 is 0 Å². The number of ether oxygens (including phenoxy) is 1. The zero-order chi connectivity index (χ0) is 24.7. The van der Waals surface area contributed by atoms with Gasteiger partial charge in [0.2, 0.25) is 10.0 Å². The number of nitrogens with zero attached hydrogens (tertiary/aromatic N) is 4. The maximum absolute atomic E-state index is 13.0. The number of morpholine rings is 1. The van der Waals surface area contributed by atoms with Crippen LogP contribution < -0.4 is 5.32 Å². The predicted molar refractivity (Wildman–Crippen MR) is 114 cm³/mol. The summed E-state index contributed by atoms with van der Waals surface area (Å²) in [6, 6.07) is 7.53. The number of carbonyl (C=O) groups is 1. The summed E-state index contributed by atoms with van der Waals surface area (Å²) in [5, 5.41) is 10.2. The van der Waals surface area contributed by atoms with Crippen molar-refractivity contribution in [1.29, 1.82) is 0 Å². The van der Waals surface area contributed by atoms with Gasteiger partial charge in [-0.05, 0) is 50.2 Å². The second-order valence-electron chi connectivity index (χ2n) is 8.05. The zero-order valence-electron chi connectivity index (χ0n) is 18.3. The monoisotopic (exact) mass is 497 g/mol. The molecular weight excluding hydrogens is 475 g/mol. The molecule has 2 aromatic heterocycles. The van der Waals surface area contributed by atoms with Crippen molar-refractivity contribution in [2.75, 3.05) is 13.1 Å². The van der Waals surface area contributed by atoms with Crippen LogP contribution in [0.5, 0.6) is 0 Å². The first kappa shape index (κ1) is 24.1. The summed E-state index contributed by atoms with van der Waals surface area (Å²) >= 11 is 0. The molecule has 9 nitrogen and oxygen atoms in total. The van der Waals surface area contributed by atoms with Crippen molar-refractivity contribution >= 4 is 21.6 Å². The van der Waals surface area contributed by atoms with Gasteiger partial charge in [0.25, 0.3) is 5.91 Å². The van der Waals surface area contributed by atoms with Crippen molar-refractivity contribution in [3.05, 3.63) is 59.5 Å². The summed E-state index contributed by atoms with van der Waals surface area (Å²) in [5.74, 6) is -0.425. The van der Waals surface area contributed by atoms with Gasteiger partial charge < -0.3 is 10.1 Å². The number of alkyl halides is 3. The van der Waals surface area contributed by atoms with Crippen molar-refractivity contribution in [3.8, 4) is 0 Å². The Kier molecular flexibility index (Phi) is 6.36. The summed E-state index contributed by atoms with van der Waals surface area (Å²) in [6.45, 7) is 3.89. The fourth-order valence-electron chi connectivity index (χ4n) is 3.74. The molecule has 1 aromatic carbocycles. The Bertz CT molecular complexity index is 1300. The van der Waals surface area contributed by atoms with E-state index in [1.54, 1.807) is 13.8 Å². The Morgan fingerprint density at radius 3 is 2.35 bits per heavy atom. The van der Waals surface area contributed by atoms with Crippen LogP contribution in [0.25, 0.3) is 5.65 Å². The first-order valence-corrected chi connectivity index (χ1v) is 11.8. The van der Waals surface area contributed by atoms with E-state index in [1.165, 1.54) is 34.6 Å².